The van der Waals surface area contributed by atoms with E-state index in [0.29, 0.717) is 11.4 Å². The highest BCUT2D eigenvalue weighted by Gasteiger charge is 2.31. The largest absolute Gasteiger partial charge is 0.397 e. The van der Waals surface area contributed by atoms with Crippen molar-refractivity contribution in [2.75, 3.05) is 12.3 Å². The normalized spacial score (nSPS) is 17.8. The Bertz CT molecular complexity index is 571. The third kappa shape index (κ3) is 2.78. The number of nitrogens with two attached hydrogens (primary N) is 1. The molecule has 0 radical (unpaired) electrons. The van der Waals surface area contributed by atoms with E-state index in [-0.39, 0.29) is 24.4 Å². The lowest BCUT2D eigenvalue weighted by molar-refractivity contribution is 0.0730. The quantitative estimate of drug-likeness (QED) is 0.927. The number of thiophene rings is 1. The lowest BCUT2D eigenvalue weighted by Gasteiger charge is -2.23. The van der Waals surface area contributed by atoms with Crippen LogP contribution in [0, 0.1) is 0 Å². The first kappa shape index (κ1) is 14.8. The smallest absolute Gasteiger partial charge is 0.272 e. The predicted molar refractivity (Wildman–Crippen MR) is 83.2 cm³/mol. The van der Waals surface area contributed by atoms with Gasteiger partial charge in [-0.05, 0) is 47.4 Å². The van der Waals surface area contributed by atoms with Crippen LogP contribution in [-0.4, -0.2) is 22.3 Å². The minimum absolute atomic E-state index is 0. The van der Waals surface area contributed by atoms with Crippen LogP contribution in [0.25, 0.3) is 0 Å². The van der Waals surface area contributed by atoms with Crippen molar-refractivity contribution in [3.8, 4) is 0 Å². The number of halogens is 1. The third-order valence-corrected chi connectivity index (χ3v) is 4.15. The second-order valence-electron chi connectivity index (χ2n) is 4.69. The molecule has 1 amide bonds. The number of carbonyl (C=O) groups excluding carboxylic acids is 1. The average molecular weight is 310 g/mol. The molecule has 1 atom stereocenters. The topological polar surface area (TPSA) is 59.2 Å². The van der Waals surface area contributed by atoms with Gasteiger partial charge in [-0.15, -0.1) is 12.4 Å². The summed E-state index contributed by atoms with van der Waals surface area (Å²) in [5, 5.41) is 4.17. The fraction of sp³-hybridized carbons (Fsp3) is 0.286. The number of carbonyl (C=O) groups is 1. The molecule has 1 aliphatic heterocycles. The molecule has 0 bridgehead atoms. The van der Waals surface area contributed by atoms with Crippen molar-refractivity contribution in [3.63, 3.8) is 0 Å². The molecule has 2 aromatic heterocycles. The molecule has 2 N–H and O–H groups in total. The SMILES string of the molecule is Cl.Nc1ccc(C(=O)N2CCCC2c2ccsc2)nc1. The summed E-state index contributed by atoms with van der Waals surface area (Å²) < 4.78 is 0. The molecular formula is C14H16ClN3OS. The minimum atomic E-state index is -0.00583. The molecule has 3 heterocycles. The zero-order valence-corrected chi connectivity index (χ0v) is 12.5. The van der Waals surface area contributed by atoms with Gasteiger partial charge in [-0.1, -0.05) is 0 Å². The number of likely N-dealkylation sites (tertiary alicyclic amines) is 1. The molecular weight excluding hydrogens is 294 g/mol. The Morgan fingerprint density at radius 1 is 1.40 bits per heavy atom. The van der Waals surface area contributed by atoms with Crippen LogP contribution in [0.1, 0.15) is 34.9 Å². The number of anilines is 1. The number of amides is 1. The second kappa shape index (κ2) is 6.24. The molecule has 0 saturated carbocycles. The molecule has 1 saturated heterocycles. The van der Waals surface area contributed by atoms with Gasteiger partial charge in [0, 0.05) is 6.54 Å². The first-order valence-electron chi connectivity index (χ1n) is 6.30. The third-order valence-electron chi connectivity index (χ3n) is 3.45. The number of hydrogen-bond donors (Lipinski definition) is 1. The van der Waals surface area contributed by atoms with Gasteiger partial charge in [0.15, 0.2) is 0 Å². The van der Waals surface area contributed by atoms with E-state index in [9.17, 15) is 4.79 Å². The van der Waals surface area contributed by atoms with Gasteiger partial charge >= 0.3 is 0 Å². The van der Waals surface area contributed by atoms with Crippen molar-refractivity contribution in [1.29, 1.82) is 0 Å². The summed E-state index contributed by atoms with van der Waals surface area (Å²) in [5.74, 6) is -0.00583. The molecule has 0 aromatic carbocycles. The van der Waals surface area contributed by atoms with E-state index < -0.39 is 0 Å². The van der Waals surface area contributed by atoms with Crippen molar-refractivity contribution in [1.82, 2.24) is 9.88 Å². The van der Waals surface area contributed by atoms with Crippen LogP contribution in [0.3, 0.4) is 0 Å². The van der Waals surface area contributed by atoms with E-state index in [1.165, 1.54) is 11.8 Å². The summed E-state index contributed by atoms with van der Waals surface area (Å²) in [5.41, 5.74) is 7.87. The summed E-state index contributed by atoms with van der Waals surface area (Å²) in [4.78, 5) is 18.5. The number of pyridine rings is 1. The van der Waals surface area contributed by atoms with E-state index in [2.05, 4.69) is 21.8 Å². The predicted octanol–water partition coefficient (Wildman–Crippen LogP) is 3.12. The summed E-state index contributed by atoms with van der Waals surface area (Å²) in [6.45, 7) is 0.797. The Balaban J connectivity index is 0.00000147. The van der Waals surface area contributed by atoms with Gasteiger partial charge in [-0.2, -0.15) is 11.3 Å². The molecule has 2 aromatic rings. The number of hydrogen-bond acceptors (Lipinski definition) is 4. The van der Waals surface area contributed by atoms with Crippen LogP contribution in [0.4, 0.5) is 5.69 Å². The fourth-order valence-corrected chi connectivity index (χ4v) is 3.21. The van der Waals surface area contributed by atoms with Gasteiger partial charge in [0.2, 0.25) is 0 Å². The Morgan fingerprint density at radius 2 is 2.25 bits per heavy atom. The molecule has 6 heteroatoms. The van der Waals surface area contributed by atoms with Crippen molar-refractivity contribution < 1.29 is 4.79 Å². The molecule has 4 nitrogen and oxygen atoms in total. The highest BCUT2D eigenvalue weighted by Crippen LogP contribution is 2.33. The summed E-state index contributed by atoms with van der Waals surface area (Å²) >= 11 is 1.67. The number of rotatable bonds is 2. The highest BCUT2D eigenvalue weighted by atomic mass is 35.5. The Hall–Kier alpha value is -1.59. The van der Waals surface area contributed by atoms with Gasteiger partial charge in [0.25, 0.3) is 5.91 Å². The second-order valence-corrected chi connectivity index (χ2v) is 5.47. The zero-order valence-electron chi connectivity index (χ0n) is 10.9. The van der Waals surface area contributed by atoms with Gasteiger partial charge in [-0.25, -0.2) is 4.98 Å². The Kier molecular flexibility index (Phi) is 4.62. The summed E-state index contributed by atoms with van der Waals surface area (Å²) in [6.07, 6.45) is 3.60. The van der Waals surface area contributed by atoms with E-state index in [1.807, 2.05) is 4.90 Å². The molecule has 106 valence electrons. The standard InChI is InChI=1S/C14H15N3OS.ClH/c15-11-3-4-12(16-8-11)14(18)17-6-1-2-13(17)10-5-7-19-9-10;/h3-5,7-9,13H,1-2,6,15H2;1H. The van der Waals surface area contributed by atoms with Crippen LogP contribution in [0.15, 0.2) is 35.2 Å². The van der Waals surface area contributed by atoms with E-state index >= 15 is 0 Å². The fourth-order valence-electron chi connectivity index (χ4n) is 2.50. The minimum Gasteiger partial charge on any atom is -0.397 e. The molecule has 0 aliphatic carbocycles. The molecule has 20 heavy (non-hydrogen) atoms. The lowest BCUT2D eigenvalue weighted by Crippen LogP contribution is -2.31. The maximum absolute atomic E-state index is 12.5. The van der Waals surface area contributed by atoms with Crippen molar-refractivity contribution >= 4 is 35.3 Å². The number of nitrogens with zero attached hydrogens (tertiary/aromatic N) is 2. The van der Waals surface area contributed by atoms with Crippen LogP contribution < -0.4 is 5.73 Å². The van der Waals surface area contributed by atoms with Gasteiger partial charge < -0.3 is 10.6 Å². The van der Waals surface area contributed by atoms with Gasteiger partial charge in [0.1, 0.15) is 5.69 Å². The number of aromatic nitrogens is 1. The lowest BCUT2D eigenvalue weighted by atomic mass is 10.1. The van der Waals surface area contributed by atoms with Crippen LogP contribution >= 0.6 is 23.7 Å². The average Bonchev–Trinajstić information content (AvgIpc) is 3.09. The molecule has 1 aliphatic rings. The van der Waals surface area contributed by atoms with Crippen LogP contribution in [-0.2, 0) is 0 Å². The first-order chi connectivity index (χ1) is 9.25. The summed E-state index contributed by atoms with van der Waals surface area (Å²) in [6, 6.07) is 5.70. The van der Waals surface area contributed by atoms with E-state index in [1.54, 1.807) is 23.5 Å². The first-order valence-corrected chi connectivity index (χ1v) is 7.24. The molecule has 1 unspecified atom stereocenters. The van der Waals surface area contributed by atoms with E-state index in [4.69, 9.17) is 5.73 Å². The molecule has 1 fully saturated rings. The maximum atomic E-state index is 12.5. The van der Waals surface area contributed by atoms with Gasteiger partial charge in [0.05, 0.1) is 17.9 Å². The summed E-state index contributed by atoms with van der Waals surface area (Å²) in [7, 11) is 0. The molecule has 0 spiro atoms. The van der Waals surface area contributed by atoms with Crippen molar-refractivity contribution in [2.45, 2.75) is 18.9 Å². The van der Waals surface area contributed by atoms with Gasteiger partial charge in [-0.3, -0.25) is 4.79 Å². The van der Waals surface area contributed by atoms with Crippen molar-refractivity contribution in [3.05, 3.63) is 46.4 Å². The Labute approximate surface area is 128 Å². The van der Waals surface area contributed by atoms with Crippen LogP contribution in [0.2, 0.25) is 0 Å². The van der Waals surface area contributed by atoms with E-state index in [0.717, 1.165) is 19.4 Å². The number of nitrogen functional groups attached to an aromatic ring is 1. The van der Waals surface area contributed by atoms with Crippen LogP contribution in [0.5, 0.6) is 0 Å². The zero-order chi connectivity index (χ0) is 13.2. The Morgan fingerprint density at radius 3 is 2.90 bits per heavy atom. The molecule has 3 rings (SSSR count). The van der Waals surface area contributed by atoms with Crippen molar-refractivity contribution in [2.24, 2.45) is 0 Å². The maximum Gasteiger partial charge on any atom is 0.272 e. The monoisotopic (exact) mass is 309 g/mol. The highest BCUT2D eigenvalue weighted by molar-refractivity contribution is 7.07.